The van der Waals surface area contributed by atoms with Gasteiger partial charge in [0.1, 0.15) is 0 Å². The van der Waals surface area contributed by atoms with Crippen LogP contribution in [0, 0.1) is 0 Å². The van der Waals surface area contributed by atoms with Gasteiger partial charge in [-0.2, -0.15) is 0 Å². The van der Waals surface area contributed by atoms with Crippen LogP contribution in [0.5, 0.6) is 0 Å². The Hall–Kier alpha value is -2.22. The highest BCUT2D eigenvalue weighted by molar-refractivity contribution is 7.89. The Morgan fingerprint density at radius 2 is 1.68 bits per heavy atom. The van der Waals surface area contributed by atoms with Crippen LogP contribution in [0.3, 0.4) is 0 Å². The summed E-state index contributed by atoms with van der Waals surface area (Å²) >= 11 is 0. The molecule has 0 heterocycles. The third-order valence-corrected chi connectivity index (χ3v) is 5.15. The normalized spacial score (nSPS) is 11.3. The van der Waals surface area contributed by atoms with Gasteiger partial charge in [0.25, 0.3) is 5.91 Å². The first-order chi connectivity index (χ1) is 12.0. The molecule has 2 aromatic rings. The minimum atomic E-state index is -3.51. The van der Waals surface area contributed by atoms with E-state index in [1.54, 1.807) is 0 Å². The van der Waals surface area contributed by atoms with E-state index in [0.717, 1.165) is 11.1 Å². The Morgan fingerprint density at radius 1 is 1.04 bits per heavy atom. The van der Waals surface area contributed by atoms with Gasteiger partial charge in [0, 0.05) is 18.7 Å². The molecule has 0 aliphatic heterocycles. The second-order valence-corrected chi connectivity index (χ2v) is 7.21. The Kier molecular flexibility index (Phi) is 6.69. The molecule has 0 aliphatic rings. The molecule has 25 heavy (non-hydrogen) atoms. The van der Waals surface area contributed by atoms with Gasteiger partial charge in [-0.25, -0.2) is 13.1 Å². The fourth-order valence-electron chi connectivity index (χ4n) is 2.26. The summed E-state index contributed by atoms with van der Waals surface area (Å²) in [5, 5.41) is 2.84. The summed E-state index contributed by atoms with van der Waals surface area (Å²) in [4.78, 5) is 12.4. The number of carbonyl (C=O) groups is 1. The van der Waals surface area contributed by atoms with Gasteiger partial charge in [-0.3, -0.25) is 4.79 Å². The molecule has 0 aliphatic carbocycles. The van der Waals surface area contributed by atoms with Crippen LogP contribution in [0.4, 0.5) is 0 Å². The number of rotatable bonds is 8. The van der Waals surface area contributed by atoms with Crippen LogP contribution in [-0.2, 0) is 27.9 Å². The molecular weight excluding hydrogens is 340 g/mol. The largest absolute Gasteiger partial charge is 0.377 e. The second-order valence-electron chi connectivity index (χ2n) is 5.32. The van der Waals surface area contributed by atoms with Crippen LogP contribution in [0.25, 0.3) is 0 Å². The summed E-state index contributed by atoms with van der Waals surface area (Å²) < 4.78 is 31.1. The molecule has 0 saturated carbocycles. The smallest absolute Gasteiger partial charge is 0.251 e. The molecule has 0 bridgehead atoms. The molecule has 2 rings (SSSR count). The van der Waals surface area contributed by atoms with Crippen molar-refractivity contribution in [1.29, 1.82) is 0 Å². The zero-order valence-corrected chi connectivity index (χ0v) is 15.1. The third kappa shape index (κ3) is 5.12. The van der Waals surface area contributed by atoms with Crippen molar-refractivity contribution < 1.29 is 17.9 Å². The SMILES string of the molecule is CCOCc1ccccc1CNC(=O)c1ccc(S(=O)(=O)NC)cc1. The summed E-state index contributed by atoms with van der Waals surface area (Å²) in [7, 11) is -2.16. The van der Waals surface area contributed by atoms with E-state index >= 15 is 0 Å². The summed E-state index contributed by atoms with van der Waals surface area (Å²) in [5.41, 5.74) is 2.41. The van der Waals surface area contributed by atoms with Crippen molar-refractivity contribution in [3.63, 3.8) is 0 Å². The predicted molar refractivity (Wildman–Crippen MR) is 95.6 cm³/mol. The molecule has 7 heteroatoms. The van der Waals surface area contributed by atoms with Gasteiger partial charge in [0.05, 0.1) is 11.5 Å². The van der Waals surface area contributed by atoms with E-state index in [1.165, 1.54) is 31.3 Å². The summed E-state index contributed by atoms with van der Waals surface area (Å²) in [6.07, 6.45) is 0. The van der Waals surface area contributed by atoms with E-state index in [9.17, 15) is 13.2 Å². The van der Waals surface area contributed by atoms with Crippen LogP contribution in [0.15, 0.2) is 53.4 Å². The minimum Gasteiger partial charge on any atom is -0.377 e. The van der Waals surface area contributed by atoms with E-state index in [0.29, 0.717) is 25.3 Å². The standard InChI is InChI=1S/C18H22N2O4S/c1-3-24-13-16-7-5-4-6-15(16)12-20-18(21)14-8-10-17(11-9-14)25(22,23)19-2/h4-11,19H,3,12-13H2,1-2H3,(H,20,21). The molecule has 1 amide bonds. The summed E-state index contributed by atoms with van der Waals surface area (Å²) in [5.74, 6) is -0.264. The first-order valence-corrected chi connectivity index (χ1v) is 9.42. The van der Waals surface area contributed by atoms with Gasteiger partial charge in [-0.05, 0) is 49.4 Å². The molecule has 0 saturated heterocycles. The molecule has 134 valence electrons. The van der Waals surface area contributed by atoms with Crippen LogP contribution >= 0.6 is 0 Å². The number of ether oxygens (including phenoxy) is 1. The lowest BCUT2D eigenvalue weighted by atomic mass is 10.1. The highest BCUT2D eigenvalue weighted by Gasteiger charge is 2.13. The van der Waals surface area contributed by atoms with E-state index < -0.39 is 10.0 Å². The average Bonchev–Trinajstić information content (AvgIpc) is 2.65. The molecule has 2 N–H and O–H groups in total. The maximum Gasteiger partial charge on any atom is 0.251 e. The lowest BCUT2D eigenvalue weighted by Crippen LogP contribution is -2.24. The fraction of sp³-hybridized carbons (Fsp3) is 0.278. The van der Waals surface area contributed by atoms with E-state index in [4.69, 9.17) is 4.74 Å². The number of hydrogen-bond acceptors (Lipinski definition) is 4. The van der Waals surface area contributed by atoms with Crippen LogP contribution in [0.1, 0.15) is 28.4 Å². The van der Waals surface area contributed by atoms with Crippen LogP contribution < -0.4 is 10.0 Å². The van der Waals surface area contributed by atoms with E-state index in [2.05, 4.69) is 10.0 Å². The average molecular weight is 362 g/mol. The van der Waals surface area contributed by atoms with Crippen molar-refractivity contribution in [1.82, 2.24) is 10.0 Å². The lowest BCUT2D eigenvalue weighted by molar-refractivity contribution is 0.0949. The lowest BCUT2D eigenvalue weighted by Gasteiger charge is -2.11. The highest BCUT2D eigenvalue weighted by Crippen LogP contribution is 2.12. The van der Waals surface area contributed by atoms with Gasteiger partial charge >= 0.3 is 0 Å². The Morgan fingerprint density at radius 3 is 2.28 bits per heavy atom. The maximum atomic E-state index is 12.3. The molecule has 0 spiro atoms. The highest BCUT2D eigenvalue weighted by atomic mass is 32.2. The molecule has 0 fully saturated rings. The third-order valence-electron chi connectivity index (χ3n) is 3.72. The molecule has 6 nitrogen and oxygen atoms in total. The Labute approximate surface area is 148 Å². The maximum absolute atomic E-state index is 12.3. The van der Waals surface area contributed by atoms with Gasteiger partial charge in [-0.1, -0.05) is 24.3 Å². The van der Waals surface area contributed by atoms with Crippen molar-refractivity contribution in [2.24, 2.45) is 0 Å². The van der Waals surface area contributed by atoms with E-state index in [-0.39, 0.29) is 10.8 Å². The zero-order valence-electron chi connectivity index (χ0n) is 14.3. The minimum absolute atomic E-state index is 0.119. The Bertz CT molecular complexity index is 817. The van der Waals surface area contributed by atoms with Gasteiger partial charge in [0.15, 0.2) is 0 Å². The summed E-state index contributed by atoms with van der Waals surface area (Å²) in [6.45, 7) is 3.43. The monoisotopic (exact) mass is 362 g/mol. The quantitative estimate of drug-likeness (QED) is 0.753. The number of benzene rings is 2. The first kappa shape index (κ1) is 19.1. The van der Waals surface area contributed by atoms with Crippen molar-refractivity contribution in [2.75, 3.05) is 13.7 Å². The molecule has 0 aromatic heterocycles. The topological polar surface area (TPSA) is 84.5 Å². The number of amides is 1. The van der Waals surface area contributed by atoms with Gasteiger partial charge < -0.3 is 10.1 Å². The summed E-state index contributed by atoms with van der Waals surface area (Å²) in [6, 6.07) is 13.5. The van der Waals surface area contributed by atoms with Gasteiger partial charge in [0.2, 0.25) is 10.0 Å². The molecule has 0 radical (unpaired) electrons. The number of hydrogen-bond donors (Lipinski definition) is 2. The van der Waals surface area contributed by atoms with Crippen molar-refractivity contribution in [3.8, 4) is 0 Å². The van der Waals surface area contributed by atoms with Gasteiger partial charge in [-0.15, -0.1) is 0 Å². The fourth-order valence-corrected chi connectivity index (χ4v) is 2.99. The predicted octanol–water partition coefficient (Wildman–Crippen LogP) is 2.06. The van der Waals surface area contributed by atoms with Crippen molar-refractivity contribution in [3.05, 3.63) is 65.2 Å². The van der Waals surface area contributed by atoms with Crippen LogP contribution in [0.2, 0.25) is 0 Å². The molecule has 2 aromatic carbocycles. The number of nitrogens with one attached hydrogen (secondary N) is 2. The molecule has 0 atom stereocenters. The Balaban J connectivity index is 2.04. The number of carbonyl (C=O) groups excluding carboxylic acids is 1. The first-order valence-electron chi connectivity index (χ1n) is 7.94. The molecule has 0 unspecified atom stereocenters. The van der Waals surface area contributed by atoms with Crippen molar-refractivity contribution >= 4 is 15.9 Å². The van der Waals surface area contributed by atoms with Crippen molar-refractivity contribution in [2.45, 2.75) is 25.0 Å². The molecular formula is C18H22N2O4S. The number of sulfonamides is 1. The zero-order chi connectivity index (χ0) is 18.3. The van der Waals surface area contributed by atoms with Crippen LogP contribution in [-0.4, -0.2) is 28.0 Å². The second kappa shape index (κ2) is 8.75. The van der Waals surface area contributed by atoms with E-state index in [1.807, 2.05) is 31.2 Å².